The van der Waals surface area contributed by atoms with Gasteiger partial charge < -0.3 is 20.1 Å². The number of morpholine rings is 1. The van der Waals surface area contributed by atoms with Gasteiger partial charge in [-0.1, -0.05) is 11.6 Å². The normalized spacial score (nSPS) is 18.3. The monoisotopic (exact) mass is 312 g/mol. The van der Waals surface area contributed by atoms with Crippen LogP contribution in [0.3, 0.4) is 0 Å². The van der Waals surface area contributed by atoms with Gasteiger partial charge in [0, 0.05) is 18.1 Å². The van der Waals surface area contributed by atoms with E-state index in [0.29, 0.717) is 31.4 Å². The van der Waals surface area contributed by atoms with E-state index >= 15 is 0 Å². The SMILES string of the molecule is Cc1cc(Cl)ccc1OCCCNC(=O)C1COCCN1. The van der Waals surface area contributed by atoms with Crippen LogP contribution in [0.2, 0.25) is 5.02 Å². The standard InChI is InChI=1S/C15H21ClN2O3/c1-11-9-12(16)3-4-14(11)21-7-2-5-18-15(19)13-10-20-8-6-17-13/h3-4,9,13,17H,2,5-8,10H2,1H3,(H,18,19). The number of rotatable bonds is 6. The van der Waals surface area contributed by atoms with Crippen molar-refractivity contribution < 1.29 is 14.3 Å². The summed E-state index contributed by atoms with van der Waals surface area (Å²) in [5, 5.41) is 6.70. The Kier molecular flexibility index (Phi) is 6.29. The molecular formula is C15H21ClN2O3. The Bertz CT molecular complexity index is 476. The Labute approximate surface area is 130 Å². The van der Waals surface area contributed by atoms with Crippen molar-refractivity contribution in [2.75, 3.05) is 32.9 Å². The van der Waals surface area contributed by atoms with E-state index in [1.165, 1.54) is 0 Å². The molecule has 2 N–H and O–H groups in total. The smallest absolute Gasteiger partial charge is 0.239 e. The molecule has 2 rings (SSSR count). The molecule has 0 aromatic heterocycles. The molecule has 0 saturated carbocycles. The van der Waals surface area contributed by atoms with Crippen LogP contribution < -0.4 is 15.4 Å². The van der Waals surface area contributed by atoms with Gasteiger partial charge in [-0.25, -0.2) is 0 Å². The summed E-state index contributed by atoms with van der Waals surface area (Å²) in [7, 11) is 0. The number of amides is 1. The zero-order valence-electron chi connectivity index (χ0n) is 12.2. The van der Waals surface area contributed by atoms with E-state index in [4.69, 9.17) is 21.1 Å². The molecule has 0 spiro atoms. The molecule has 0 bridgehead atoms. The van der Waals surface area contributed by atoms with E-state index in [2.05, 4.69) is 10.6 Å². The first-order valence-electron chi connectivity index (χ1n) is 7.14. The average molecular weight is 313 g/mol. The number of aryl methyl sites for hydroxylation is 1. The lowest BCUT2D eigenvalue weighted by Crippen LogP contribution is -2.51. The minimum atomic E-state index is -0.238. The molecule has 1 heterocycles. The predicted molar refractivity (Wildman–Crippen MR) is 81.9 cm³/mol. The van der Waals surface area contributed by atoms with E-state index in [1.807, 2.05) is 19.1 Å². The Hall–Kier alpha value is -1.30. The van der Waals surface area contributed by atoms with Gasteiger partial charge in [-0.15, -0.1) is 0 Å². The van der Waals surface area contributed by atoms with Gasteiger partial charge in [-0.2, -0.15) is 0 Å². The van der Waals surface area contributed by atoms with Gasteiger partial charge in [0.05, 0.1) is 19.8 Å². The summed E-state index contributed by atoms with van der Waals surface area (Å²) >= 11 is 5.89. The molecule has 0 radical (unpaired) electrons. The third-order valence-corrected chi connectivity index (χ3v) is 3.49. The maximum atomic E-state index is 11.8. The number of carbonyl (C=O) groups is 1. The highest BCUT2D eigenvalue weighted by Gasteiger charge is 2.20. The van der Waals surface area contributed by atoms with Crippen molar-refractivity contribution in [3.05, 3.63) is 28.8 Å². The number of ether oxygens (including phenoxy) is 2. The number of nitrogens with one attached hydrogen (secondary N) is 2. The Morgan fingerprint density at radius 3 is 3.14 bits per heavy atom. The fourth-order valence-corrected chi connectivity index (χ4v) is 2.32. The number of hydrogen-bond donors (Lipinski definition) is 2. The highest BCUT2D eigenvalue weighted by Crippen LogP contribution is 2.21. The summed E-state index contributed by atoms with van der Waals surface area (Å²) in [6, 6.07) is 5.30. The minimum absolute atomic E-state index is 0.0163. The molecule has 1 amide bonds. The molecule has 1 aromatic carbocycles. The molecule has 6 heteroatoms. The average Bonchev–Trinajstić information content (AvgIpc) is 2.49. The first-order valence-corrected chi connectivity index (χ1v) is 7.52. The molecule has 1 unspecified atom stereocenters. The van der Waals surface area contributed by atoms with Crippen molar-refractivity contribution >= 4 is 17.5 Å². The van der Waals surface area contributed by atoms with Crippen LogP contribution in [0.15, 0.2) is 18.2 Å². The molecule has 21 heavy (non-hydrogen) atoms. The summed E-state index contributed by atoms with van der Waals surface area (Å²) in [5.74, 6) is 0.811. The summed E-state index contributed by atoms with van der Waals surface area (Å²) in [5.41, 5.74) is 1.01. The Morgan fingerprint density at radius 1 is 1.57 bits per heavy atom. The molecule has 1 aromatic rings. The first-order chi connectivity index (χ1) is 10.2. The lowest BCUT2D eigenvalue weighted by molar-refractivity contribution is -0.125. The van der Waals surface area contributed by atoms with Crippen LogP contribution in [-0.2, 0) is 9.53 Å². The maximum Gasteiger partial charge on any atom is 0.239 e. The molecule has 0 aliphatic carbocycles. The van der Waals surface area contributed by atoms with Crippen LogP contribution in [0.1, 0.15) is 12.0 Å². The molecule has 116 valence electrons. The van der Waals surface area contributed by atoms with E-state index in [-0.39, 0.29) is 11.9 Å². The third kappa shape index (κ3) is 5.19. The van der Waals surface area contributed by atoms with Crippen LogP contribution >= 0.6 is 11.6 Å². The highest BCUT2D eigenvalue weighted by atomic mass is 35.5. The van der Waals surface area contributed by atoms with Crippen LogP contribution in [0.4, 0.5) is 0 Å². The van der Waals surface area contributed by atoms with Gasteiger partial charge in [0.15, 0.2) is 0 Å². The number of carbonyl (C=O) groups excluding carboxylic acids is 1. The molecule has 5 nitrogen and oxygen atoms in total. The highest BCUT2D eigenvalue weighted by molar-refractivity contribution is 6.30. The van der Waals surface area contributed by atoms with Crippen LogP contribution in [0, 0.1) is 6.92 Å². The summed E-state index contributed by atoms with van der Waals surface area (Å²) in [6.07, 6.45) is 0.751. The second-order valence-corrected chi connectivity index (χ2v) is 5.42. The fraction of sp³-hybridized carbons (Fsp3) is 0.533. The third-order valence-electron chi connectivity index (χ3n) is 3.25. The molecule has 1 saturated heterocycles. The number of benzene rings is 1. The fourth-order valence-electron chi connectivity index (χ4n) is 2.10. The van der Waals surface area contributed by atoms with E-state index in [9.17, 15) is 4.79 Å². The van der Waals surface area contributed by atoms with Crippen molar-refractivity contribution in [1.82, 2.24) is 10.6 Å². The lowest BCUT2D eigenvalue weighted by Gasteiger charge is -2.22. The van der Waals surface area contributed by atoms with Crippen molar-refractivity contribution in [1.29, 1.82) is 0 Å². The van der Waals surface area contributed by atoms with E-state index < -0.39 is 0 Å². The molecule has 1 fully saturated rings. The van der Waals surface area contributed by atoms with Gasteiger partial charge in [-0.05, 0) is 37.1 Å². The van der Waals surface area contributed by atoms with Crippen molar-refractivity contribution in [3.63, 3.8) is 0 Å². The summed E-state index contributed by atoms with van der Waals surface area (Å²) in [4.78, 5) is 11.8. The maximum absolute atomic E-state index is 11.8. The van der Waals surface area contributed by atoms with Gasteiger partial charge in [0.2, 0.25) is 5.91 Å². The number of halogens is 1. The summed E-state index contributed by atoms with van der Waals surface area (Å²) < 4.78 is 10.9. The minimum Gasteiger partial charge on any atom is -0.493 e. The molecule has 1 atom stereocenters. The first kappa shape index (κ1) is 16.1. The zero-order chi connectivity index (χ0) is 15.1. The van der Waals surface area contributed by atoms with Crippen molar-refractivity contribution in [2.45, 2.75) is 19.4 Å². The second-order valence-electron chi connectivity index (χ2n) is 4.98. The van der Waals surface area contributed by atoms with Gasteiger partial charge in [0.1, 0.15) is 11.8 Å². The van der Waals surface area contributed by atoms with Crippen LogP contribution in [0.25, 0.3) is 0 Å². The van der Waals surface area contributed by atoms with Gasteiger partial charge in [-0.3, -0.25) is 4.79 Å². The van der Waals surface area contributed by atoms with Crippen molar-refractivity contribution in [2.24, 2.45) is 0 Å². The number of hydrogen-bond acceptors (Lipinski definition) is 4. The lowest BCUT2D eigenvalue weighted by atomic mass is 10.2. The molecular weight excluding hydrogens is 292 g/mol. The predicted octanol–water partition coefficient (Wildman–Crippen LogP) is 1.52. The van der Waals surface area contributed by atoms with E-state index in [0.717, 1.165) is 24.3 Å². The Morgan fingerprint density at radius 2 is 2.43 bits per heavy atom. The quantitative estimate of drug-likeness (QED) is 0.782. The van der Waals surface area contributed by atoms with Gasteiger partial charge in [0.25, 0.3) is 0 Å². The Balaban J connectivity index is 1.62. The summed E-state index contributed by atoms with van der Waals surface area (Å²) in [6.45, 7) is 4.92. The second kappa shape index (κ2) is 8.22. The molecule has 1 aliphatic heterocycles. The zero-order valence-corrected chi connectivity index (χ0v) is 12.9. The van der Waals surface area contributed by atoms with Crippen LogP contribution in [0.5, 0.6) is 5.75 Å². The topological polar surface area (TPSA) is 59.6 Å². The van der Waals surface area contributed by atoms with Gasteiger partial charge >= 0.3 is 0 Å². The largest absolute Gasteiger partial charge is 0.493 e. The van der Waals surface area contributed by atoms with E-state index in [1.54, 1.807) is 6.07 Å². The van der Waals surface area contributed by atoms with Crippen LogP contribution in [-0.4, -0.2) is 44.9 Å². The molecule has 1 aliphatic rings. The van der Waals surface area contributed by atoms with Crippen molar-refractivity contribution in [3.8, 4) is 5.75 Å².